The van der Waals surface area contributed by atoms with Crippen molar-refractivity contribution in [1.82, 2.24) is 5.32 Å². The third-order valence-electron chi connectivity index (χ3n) is 2.70. The van der Waals surface area contributed by atoms with Crippen LogP contribution in [0.5, 0.6) is 5.75 Å². The summed E-state index contributed by atoms with van der Waals surface area (Å²) < 4.78 is 12.1. The van der Waals surface area contributed by atoms with E-state index < -0.39 is 5.97 Å². The maximum atomic E-state index is 11.9. The molecule has 1 N–H and O–H groups in total. The van der Waals surface area contributed by atoms with Crippen molar-refractivity contribution < 1.29 is 19.1 Å². The van der Waals surface area contributed by atoms with Crippen LogP contribution < -0.4 is 10.1 Å². The Morgan fingerprint density at radius 3 is 2.81 bits per heavy atom. The second kappa shape index (κ2) is 6.91. The number of carbonyl (C=O) groups is 2. The Bertz CT molecular complexity index is 683. The van der Waals surface area contributed by atoms with E-state index >= 15 is 0 Å². The number of hydrogen-bond acceptors (Lipinski definition) is 5. The summed E-state index contributed by atoms with van der Waals surface area (Å²) in [6, 6.07) is 5.59. The first-order valence-corrected chi connectivity index (χ1v) is 7.87. The highest BCUT2D eigenvalue weighted by molar-refractivity contribution is 9.10. The van der Waals surface area contributed by atoms with Crippen molar-refractivity contribution >= 4 is 49.2 Å². The number of esters is 1. The van der Waals surface area contributed by atoms with Crippen LogP contribution in [-0.4, -0.2) is 32.1 Å². The minimum absolute atomic E-state index is 0.139. The van der Waals surface area contributed by atoms with Crippen molar-refractivity contribution in [1.29, 1.82) is 0 Å². The van der Waals surface area contributed by atoms with Gasteiger partial charge >= 0.3 is 5.97 Å². The fourth-order valence-electron chi connectivity index (χ4n) is 1.80. The number of hydrogen-bond donors (Lipinski definition) is 1. The van der Waals surface area contributed by atoms with E-state index in [1.165, 1.54) is 18.4 Å². The number of ether oxygens (including phenoxy) is 2. The Morgan fingerprint density at radius 1 is 1.38 bits per heavy atom. The van der Waals surface area contributed by atoms with Gasteiger partial charge in [0.15, 0.2) is 17.2 Å². The highest BCUT2D eigenvalue weighted by Crippen LogP contribution is 2.39. The van der Waals surface area contributed by atoms with Crippen molar-refractivity contribution in [2.45, 2.75) is 6.92 Å². The van der Waals surface area contributed by atoms with E-state index in [0.717, 1.165) is 14.6 Å². The van der Waals surface area contributed by atoms with E-state index in [-0.39, 0.29) is 12.5 Å². The van der Waals surface area contributed by atoms with Crippen molar-refractivity contribution in [3.63, 3.8) is 0 Å². The molecule has 1 amide bonds. The van der Waals surface area contributed by atoms with Gasteiger partial charge in [-0.25, -0.2) is 4.79 Å². The van der Waals surface area contributed by atoms with Crippen molar-refractivity contribution in [2.24, 2.45) is 0 Å². The van der Waals surface area contributed by atoms with Gasteiger partial charge in [-0.15, -0.1) is 11.3 Å². The third kappa shape index (κ3) is 3.54. The Kier molecular flexibility index (Phi) is 5.19. The molecule has 2 aromatic rings. The maximum absolute atomic E-state index is 11.9. The second-order valence-corrected chi connectivity index (χ2v) is 6.10. The van der Waals surface area contributed by atoms with Crippen LogP contribution in [0.25, 0.3) is 10.1 Å². The maximum Gasteiger partial charge on any atom is 0.351 e. The second-order valence-electron chi connectivity index (χ2n) is 4.13. The summed E-state index contributed by atoms with van der Waals surface area (Å²) in [4.78, 5) is 23.7. The van der Waals surface area contributed by atoms with Crippen LogP contribution in [0.3, 0.4) is 0 Å². The summed E-state index contributed by atoms with van der Waals surface area (Å²) in [7, 11) is 1.32. The highest BCUT2D eigenvalue weighted by atomic mass is 79.9. The van der Waals surface area contributed by atoms with Crippen molar-refractivity contribution in [2.75, 3.05) is 20.3 Å². The van der Waals surface area contributed by atoms with E-state index in [9.17, 15) is 9.59 Å². The number of fused-ring (bicyclic) bond motifs is 1. The lowest BCUT2D eigenvalue weighted by Gasteiger charge is -2.07. The van der Waals surface area contributed by atoms with Gasteiger partial charge in [0.2, 0.25) is 0 Å². The van der Waals surface area contributed by atoms with E-state index in [4.69, 9.17) is 9.47 Å². The molecule has 0 saturated heterocycles. The molecule has 112 valence electrons. The molecule has 0 aliphatic rings. The number of thiophene rings is 1. The Labute approximate surface area is 134 Å². The average Bonchev–Trinajstić information content (AvgIpc) is 2.82. The normalized spacial score (nSPS) is 10.4. The zero-order chi connectivity index (χ0) is 15.4. The highest BCUT2D eigenvalue weighted by Gasteiger charge is 2.21. The number of methoxy groups -OCH3 is 1. The molecule has 21 heavy (non-hydrogen) atoms. The summed E-state index contributed by atoms with van der Waals surface area (Å²) in [5, 5.41) is 3.43. The Hall–Kier alpha value is -1.60. The van der Waals surface area contributed by atoms with Gasteiger partial charge < -0.3 is 14.8 Å². The van der Waals surface area contributed by atoms with Crippen LogP contribution in [0.15, 0.2) is 22.7 Å². The van der Waals surface area contributed by atoms with Crippen LogP contribution in [0, 0.1) is 0 Å². The summed E-state index contributed by atoms with van der Waals surface area (Å²) in [6.45, 7) is 2.22. The molecular weight excluding hydrogens is 358 g/mol. The van der Waals surface area contributed by atoms with E-state index in [0.29, 0.717) is 17.2 Å². The fraction of sp³-hybridized carbons (Fsp3) is 0.286. The van der Waals surface area contributed by atoms with E-state index in [1.54, 1.807) is 0 Å². The molecule has 0 fully saturated rings. The Morgan fingerprint density at radius 2 is 2.14 bits per heavy atom. The van der Waals surface area contributed by atoms with Crippen LogP contribution in [0.4, 0.5) is 0 Å². The van der Waals surface area contributed by atoms with Gasteiger partial charge in [0, 0.05) is 21.1 Å². The predicted octanol–water partition coefficient (Wildman–Crippen LogP) is 2.97. The standard InChI is InChI=1S/C14H14BrNO4S/c1-3-16-11(17)7-20-12-9-5-4-8(15)6-10(9)21-13(12)14(18)19-2/h4-6H,3,7H2,1-2H3,(H,16,17). The topological polar surface area (TPSA) is 64.6 Å². The molecule has 2 rings (SSSR count). The van der Waals surface area contributed by atoms with Crippen LogP contribution in [-0.2, 0) is 9.53 Å². The molecule has 0 saturated carbocycles. The first kappa shape index (κ1) is 15.8. The number of rotatable bonds is 5. The number of carbonyl (C=O) groups excluding carboxylic acids is 2. The monoisotopic (exact) mass is 371 g/mol. The van der Waals surface area contributed by atoms with Gasteiger partial charge in [-0.1, -0.05) is 15.9 Å². The molecule has 7 heteroatoms. The summed E-state index contributed by atoms with van der Waals surface area (Å²) in [5.74, 6) is -0.316. The van der Waals surface area contributed by atoms with Gasteiger partial charge in [0.1, 0.15) is 0 Å². The molecule has 0 radical (unpaired) electrons. The number of halogens is 1. The molecule has 5 nitrogen and oxygen atoms in total. The molecule has 0 aliphatic heterocycles. The van der Waals surface area contributed by atoms with Crippen LogP contribution in [0.1, 0.15) is 16.6 Å². The molecule has 0 aliphatic carbocycles. The summed E-state index contributed by atoms with van der Waals surface area (Å²) in [5.41, 5.74) is 0. The number of likely N-dealkylation sites (N-methyl/N-ethyl adjacent to an activating group) is 1. The molecule has 0 atom stereocenters. The van der Waals surface area contributed by atoms with Gasteiger partial charge in [0.25, 0.3) is 5.91 Å². The summed E-state index contributed by atoms with van der Waals surface area (Å²) >= 11 is 4.66. The smallest absolute Gasteiger partial charge is 0.351 e. The van der Waals surface area contributed by atoms with Gasteiger partial charge in [0.05, 0.1) is 7.11 Å². The largest absolute Gasteiger partial charge is 0.481 e. The van der Waals surface area contributed by atoms with Crippen molar-refractivity contribution in [3.05, 3.63) is 27.5 Å². The molecule has 0 spiro atoms. The van der Waals surface area contributed by atoms with Crippen molar-refractivity contribution in [3.8, 4) is 5.75 Å². The first-order chi connectivity index (χ1) is 10.1. The predicted molar refractivity (Wildman–Crippen MR) is 85.0 cm³/mol. The number of benzene rings is 1. The number of nitrogens with one attached hydrogen (secondary N) is 1. The average molecular weight is 372 g/mol. The third-order valence-corrected chi connectivity index (χ3v) is 4.31. The zero-order valence-corrected chi connectivity index (χ0v) is 14.0. The summed E-state index contributed by atoms with van der Waals surface area (Å²) in [6.07, 6.45) is 0. The lowest BCUT2D eigenvalue weighted by molar-refractivity contribution is -0.122. The quantitative estimate of drug-likeness (QED) is 0.820. The van der Waals surface area contributed by atoms with Gasteiger partial charge in [-0.3, -0.25) is 4.79 Å². The molecule has 1 aromatic heterocycles. The molecular formula is C14H14BrNO4S. The van der Waals surface area contributed by atoms with E-state index in [2.05, 4.69) is 21.2 Å². The van der Waals surface area contributed by atoms with Crippen LogP contribution in [0.2, 0.25) is 0 Å². The van der Waals surface area contributed by atoms with E-state index in [1.807, 2.05) is 25.1 Å². The zero-order valence-electron chi connectivity index (χ0n) is 11.6. The molecule has 1 aromatic carbocycles. The SMILES string of the molecule is CCNC(=O)COc1c(C(=O)OC)sc2cc(Br)ccc12. The lowest BCUT2D eigenvalue weighted by Crippen LogP contribution is -2.28. The minimum atomic E-state index is -0.474. The molecule has 1 heterocycles. The van der Waals surface area contributed by atoms with Gasteiger partial charge in [-0.2, -0.15) is 0 Å². The lowest BCUT2D eigenvalue weighted by atomic mass is 10.2. The Balaban J connectivity index is 2.38. The minimum Gasteiger partial charge on any atom is -0.481 e. The van der Waals surface area contributed by atoms with Gasteiger partial charge in [-0.05, 0) is 25.1 Å². The van der Waals surface area contributed by atoms with Crippen LogP contribution >= 0.6 is 27.3 Å². The molecule has 0 bridgehead atoms. The molecule has 0 unspecified atom stereocenters. The first-order valence-electron chi connectivity index (χ1n) is 6.26. The number of amides is 1. The fourth-order valence-corrected chi connectivity index (χ4v) is 3.42.